The fourth-order valence-corrected chi connectivity index (χ4v) is 5.67. The van der Waals surface area contributed by atoms with Gasteiger partial charge in [0.05, 0.1) is 12.0 Å². The summed E-state index contributed by atoms with van der Waals surface area (Å²) in [5.41, 5.74) is 5.76. The highest BCUT2D eigenvalue weighted by molar-refractivity contribution is 7.23. The Morgan fingerprint density at radius 2 is 1.87 bits per heavy atom. The monoisotopic (exact) mass is 410 g/mol. The van der Waals surface area contributed by atoms with Crippen molar-refractivity contribution in [2.24, 2.45) is 4.99 Å². The van der Waals surface area contributed by atoms with Gasteiger partial charge in [0, 0.05) is 26.6 Å². The van der Waals surface area contributed by atoms with Crippen LogP contribution in [0.2, 0.25) is 0 Å². The molecule has 1 N–H and O–H groups in total. The minimum absolute atomic E-state index is 0.0421. The predicted octanol–water partition coefficient (Wildman–Crippen LogP) is 7.32. The number of furan rings is 1. The van der Waals surface area contributed by atoms with E-state index in [0.29, 0.717) is 6.67 Å². The number of fused-ring (bicyclic) bond motifs is 6. The van der Waals surface area contributed by atoms with E-state index in [9.17, 15) is 0 Å². The first kappa shape index (κ1) is 17.7. The third-order valence-electron chi connectivity index (χ3n) is 5.94. The van der Waals surface area contributed by atoms with E-state index in [4.69, 9.17) is 9.41 Å². The minimum atomic E-state index is 0.0421. The molecule has 3 aromatic carbocycles. The van der Waals surface area contributed by atoms with Crippen molar-refractivity contribution in [3.8, 4) is 0 Å². The van der Waals surface area contributed by atoms with Gasteiger partial charge in [0.15, 0.2) is 0 Å². The summed E-state index contributed by atoms with van der Waals surface area (Å²) in [5.74, 6) is 0. The fraction of sp³-hybridized carbons (Fsp3) is 0.192. The van der Waals surface area contributed by atoms with Crippen LogP contribution in [0, 0.1) is 0 Å². The van der Waals surface area contributed by atoms with Crippen molar-refractivity contribution in [3.05, 3.63) is 77.6 Å². The number of benzene rings is 3. The van der Waals surface area contributed by atoms with E-state index in [1.165, 1.54) is 42.6 Å². The first-order valence-electron chi connectivity index (χ1n) is 10.3. The van der Waals surface area contributed by atoms with Crippen molar-refractivity contribution in [2.45, 2.75) is 26.2 Å². The van der Waals surface area contributed by atoms with Crippen LogP contribution in [-0.4, -0.2) is 12.4 Å². The highest BCUT2D eigenvalue weighted by atomic mass is 32.1. The topological polar surface area (TPSA) is 37.5 Å². The Bertz CT molecular complexity index is 1480. The molecule has 0 fully saturated rings. The maximum Gasteiger partial charge on any atom is 0.134 e. The standard InChI is InChI=1S/C26H22N2OS/c1-26(2,3)19-13-16(12-15-6-4-5-7-17(15)19)24-23-22-18-10-11-29-20(18)8-9-21(22)30-25(23)28-14-27-24/h4-13,28H,14H2,1-3H3. The Morgan fingerprint density at radius 1 is 1.00 bits per heavy atom. The maximum absolute atomic E-state index is 5.69. The van der Waals surface area contributed by atoms with Crippen molar-refractivity contribution in [2.75, 3.05) is 12.0 Å². The lowest BCUT2D eigenvalue weighted by molar-refractivity contribution is 0.596. The Balaban J connectivity index is 1.67. The molecule has 148 valence electrons. The van der Waals surface area contributed by atoms with Gasteiger partial charge in [-0.05, 0) is 52.1 Å². The molecule has 0 amide bonds. The summed E-state index contributed by atoms with van der Waals surface area (Å²) < 4.78 is 6.95. The van der Waals surface area contributed by atoms with Gasteiger partial charge in [-0.1, -0.05) is 45.0 Å². The van der Waals surface area contributed by atoms with Gasteiger partial charge in [0.1, 0.15) is 17.3 Å². The van der Waals surface area contributed by atoms with Crippen molar-refractivity contribution >= 4 is 53.9 Å². The second kappa shape index (κ2) is 6.19. The van der Waals surface area contributed by atoms with Crippen molar-refractivity contribution in [3.63, 3.8) is 0 Å². The molecule has 3 heterocycles. The van der Waals surface area contributed by atoms with Crippen molar-refractivity contribution in [1.82, 2.24) is 0 Å². The third-order valence-corrected chi connectivity index (χ3v) is 7.06. The average molecular weight is 411 g/mol. The molecule has 0 unspecified atom stereocenters. The SMILES string of the molecule is CC(C)(C)c1cc(C2=NCNc3sc4ccc5occc5c4c32)cc2ccccc12. The number of rotatable bonds is 1. The molecular formula is C26H22N2OS. The summed E-state index contributed by atoms with van der Waals surface area (Å²) >= 11 is 1.80. The number of thiophene rings is 1. The van der Waals surface area contributed by atoms with E-state index in [1.807, 2.05) is 0 Å². The zero-order valence-electron chi connectivity index (χ0n) is 17.2. The molecule has 6 rings (SSSR count). The molecule has 5 aromatic rings. The largest absolute Gasteiger partial charge is 0.464 e. The van der Waals surface area contributed by atoms with Crippen LogP contribution in [0.25, 0.3) is 31.8 Å². The number of nitrogens with zero attached hydrogens (tertiary/aromatic N) is 1. The summed E-state index contributed by atoms with van der Waals surface area (Å²) in [6.07, 6.45) is 1.77. The van der Waals surface area contributed by atoms with Crippen LogP contribution in [0.4, 0.5) is 5.00 Å². The van der Waals surface area contributed by atoms with E-state index in [2.05, 4.69) is 80.7 Å². The van der Waals surface area contributed by atoms with E-state index < -0.39 is 0 Å². The first-order chi connectivity index (χ1) is 14.5. The summed E-state index contributed by atoms with van der Waals surface area (Å²) in [6, 6.07) is 19.6. The quantitative estimate of drug-likeness (QED) is 0.314. The van der Waals surface area contributed by atoms with Crippen LogP contribution in [0.5, 0.6) is 0 Å². The van der Waals surface area contributed by atoms with Gasteiger partial charge < -0.3 is 9.73 Å². The van der Waals surface area contributed by atoms with E-state index in [0.717, 1.165) is 16.7 Å². The van der Waals surface area contributed by atoms with Crippen LogP contribution in [-0.2, 0) is 5.41 Å². The van der Waals surface area contributed by atoms with Gasteiger partial charge in [-0.2, -0.15) is 0 Å². The van der Waals surface area contributed by atoms with Crippen LogP contribution < -0.4 is 5.32 Å². The number of hydrogen-bond acceptors (Lipinski definition) is 4. The maximum atomic E-state index is 5.69. The van der Waals surface area contributed by atoms with Crippen LogP contribution in [0.1, 0.15) is 37.5 Å². The molecule has 0 aliphatic carbocycles. The summed E-state index contributed by atoms with van der Waals surface area (Å²) in [4.78, 5) is 4.97. The lowest BCUT2D eigenvalue weighted by atomic mass is 9.81. The minimum Gasteiger partial charge on any atom is -0.464 e. The van der Waals surface area contributed by atoms with Crippen molar-refractivity contribution < 1.29 is 4.42 Å². The van der Waals surface area contributed by atoms with Crippen LogP contribution in [0.15, 0.2) is 70.3 Å². The van der Waals surface area contributed by atoms with E-state index in [-0.39, 0.29) is 5.41 Å². The molecule has 30 heavy (non-hydrogen) atoms. The zero-order valence-corrected chi connectivity index (χ0v) is 18.1. The van der Waals surface area contributed by atoms with Crippen LogP contribution >= 0.6 is 11.3 Å². The van der Waals surface area contributed by atoms with E-state index in [1.54, 1.807) is 17.6 Å². The van der Waals surface area contributed by atoms with E-state index >= 15 is 0 Å². The lowest BCUT2D eigenvalue weighted by Crippen LogP contribution is -2.17. The lowest BCUT2D eigenvalue weighted by Gasteiger charge is -2.24. The smallest absolute Gasteiger partial charge is 0.134 e. The number of anilines is 1. The highest BCUT2D eigenvalue weighted by Gasteiger charge is 2.26. The molecule has 0 bridgehead atoms. The van der Waals surface area contributed by atoms with Crippen LogP contribution in [0.3, 0.4) is 0 Å². The molecule has 1 aliphatic heterocycles. The number of hydrogen-bond donors (Lipinski definition) is 1. The number of aliphatic imine (C=N–C) groups is 1. The van der Waals surface area contributed by atoms with Gasteiger partial charge in [-0.15, -0.1) is 11.3 Å². The van der Waals surface area contributed by atoms with Crippen molar-refractivity contribution in [1.29, 1.82) is 0 Å². The Kier molecular flexibility index (Phi) is 3.66. The average Bonchev–Trinajstić information content (AvgIpc) is 3.35. The Labute approximate surface area is 179 Å². The third kappa shape index (κ3) is 2.53. The summed E-state index contributed by atoms with van der Waals surface area (Å²) in [6.45, 7) is 7.44. The molecule has 0 spiro atoms. The molecule has 0 saturated heterocycles. The number of nitrogens with one attached hydrogen (secondary N) is 1. The Morgan fingerprint density at radius 3 is 2.73 bits per heavy atom. The molecule has 0 atom stereocenters. The first-order valence-corrected chi connectivity index (χ1v) is 11.1. The molecular weight excluding hydrogens is 388 g/mol. The fourth-order valence-electron chi connectivity index (χ4n) is 4.56. The molecule has 4 heteroatoms. The molecule has 1 aliphatic rings. The summed E-state index contributed by atoms with van der Waals surface area (Å²) in [7, 11) is 0. The molecule has 0 radical (unpaired) electrons. The molecule has 3 nitrogen and oxygen atoms in total. The highest BCUT2D eigenvalue weighted by Crippen LogP contribution is 2.43. The normalized spacial score (nSPS) is 14.2. The van der Waals surface area contributed by atoms with Gasteiger partial charge in [-0.25, -0.2) is 0 Å². The Hall–Kier alpha value is -3.11. The second-order valence-electron chi connectivity index (χ2n) is 8.91. The van der Waals surface area contributed by atoms with Gasteiger partial charge in [0.25, 0.3) is 0 Å². The second-order valence-corrected chi connectivity index (χ2v) is 9.97. The molecule has 0 saturated carbocycles. The molecule has 2 aromatic heterocycles. The zero-order chi connectivity index (χ0) is 20.5. The van der Waals surface area contributed by atoms with Gasteiger partial charge in [0.2, 0.25) is 0 Å². The van der Waals surface area contributed by atoms with Gasteiger partial charge >= 0.3 is 0 Å². The predicted molar refractivity (Wildman–Crippen MR) is 128 cm³/mol. The summed E-state index contributed by atoms with van der Waals surface area (Å²) in [5, 5.41) is 9.64. The van der Waals surface area contributed by atoms with Gasteiger partial charge in [-0.3, -0.25) is 4.99 Å².